The zero-order chi connectivity index (χ0) is 11.0. The number of carbonyl (C=O) groups excluding carboxylic acids is 1. The molecule has 0 atom stereocenters. The number of imidazole rings is 1. The molecule has 0 N–H and O–H groups in total. The Balaban J connectivity index is 2.51. The van der Waals surface area contributed by atoms with Gasteiger partial charge in [0.05, 0.1) is 11.3 Å². The van der Waals surface area contributed by atoms with Gasteiger partial charge >= 0.3 is 0 Å². The normalized spacial score (nSPS) is 10.6. The van der Waals surface area contributed by atoms with Crippen LogP contribution >= 0.6 is 0 Å². The zero-order valence-corrected chi connectivity index (χ0v) is 9.06. The molecule has 0 aliphatic heterocycles. The summed E-state index contributed by atoms with van der Waals surface area (Å²) in [6, 6.07) is 3.65. The highest BCUT2D eigenvalue weighted by molar-refractivity contribution is 5.93. The van der Waals surface area contributed by atoms with E-state index < -0.39 is 0 Å². The molecule has 0 aliphatic rings. The molecular weight excluding hydrogens is 190 g/mol. The number of pyridine rings is 1. The summed E-state index contributed by atoms with van der Waals surface area (Å²) in [5.41, 5.74) is 2.48. The van der Waals surface area contributed by atoms with Crippen LogP contribution in [0, 0.1) is 6.92 Å². The fourth-order valence-corrected chi connectivity index (χ4v) is 1.50. The van der Waals surface area contributed by atoms with E-state index in [-0.39, 0.29) is 5.91 Å². The molecule has 0 aliphatic carbocycles. The van der Waals surface area contributed by atoms with Gasteiger partial charge in [-0.15, -0.1) is 0 Å². The Morgan fingerprint density at radius 3 is 2.73 bits per heavy atom. The molecule has 0 unspecified atom stereocenters. The molecule has 2 rings (SSSR count). The molecule has 0 radical (unpaired) electrons. The number of fused-ring (bicyclic) bond motifs is 1. The number of amides is 1. The molecule has 0 bridgehead atoms. The van der Waals surface area contributed by atoms with Gasteiger partial charge in [-0.05, 0) is 19.1 Å². The first-order valence-corrected chi connectivity index (χ1v) is 4.75. The van der Waals surface area contributed by atoms with Crippen LogP contribution in [0.4, 0.5) is 0 Å². The highest BCUT2D eigenvalue weighted by atomic mass is 16.2. The van der Waals surface area contributed by atoms with Crippen molar-refractivity contribution < 1.29 is 4.79 Å². The summed E-state index contributed by atoms with van der Waals surface area (Å²) in [6.45, 7) is 1.93. The van der Waals surface area contributed by atoms with E-state index in [9.17, 15) is 4.79 Å². The monoisotopic (exact) mass is 203 g/mol. The number of carbonyl (C=O) groups is 1. The lowest BCUT2D eigenvalue weighted by Crippen LogP contribution is -2.21. The Labute approximate surface area is 88.2 Å². The molecule has 0 aromatic carbocycles. The second-order valence-electron chi connectivity index (χ2n) is 3.77. The molecular formula is C11H13N3O. The van der Waals surface area contributed by atoms with Crippen LogP contribution in [0.15, 0.2) is 24.5 Å². The minimum absolute atomic E-state index is 0.00301. The minimum atomic E-state index is 0.00301. The highest BCUT2D eigenvalue weighted by Crippen LogP contribution is 2.08. The average Bonchev–Trinajstić information content (AvgIpc) is 2.55. The van der Waals surface area contributed by atoms with Gasteiger partial charge in [-0.2, -0.15) is 0 Å². The Morgan fingerprint density at radius 1 is 1.33 bits per heavy atom. The number of hydrogen-bond donors (Lipinski definition) is 0. The maximum absolute atomic E-state index is 11.7. The van der Waals surface area contributed by atoms with Gasteiger partial charge in [0.25, 0.3) is 5.91 Å². The van der Waals surface area contributed by atoms with Crippen molar-refractivity contribution in [2.45, 2.75) is 6.92 Å². The van der Waals surface area contributed by atoms with Crippen molar-refractivity contribution in [2.75, 3.05) is 14.1 Å². The smallest absolute Gasteiger partial charge is 0.254 e. The number of aryl methyl sites for hydroxylation is 1. The summed E-state index contributed by atoms with van der Waals surface area (Å²) in [5, 5.41) is 0. The maximum Gasteiger partial charge on any atom is 0.254 e. The lowest BCUT2D eigenvalue weighted by Gasteiger charge is -2.09. The van der Waals surface area contributed by atoms with E-state index >= 15 is 0 Å². The first-order chi connectivity index (χ1) is 7.08. The summed E-state index contributed by atoms with van der Waals surface area (Å²) < 4.78 is 1.87. The summed E-state index contributed by atoms with van der Waals surface area (Å²) in [6.07, 6.45) is 3.71. The summed E-state index contributed by atoms with van der Waals surface area (Å²) in [4.78, 5) is 17.5. The van der Waals surface area contributed by atoms with Gasteiger partial charge in [0.2, 0.25) is 0 Å². The van der Waals surface area contributed by atoms with Gasteiger partial charge < -0.3 is 9.30 Å². The molecule has 2 heterocycles. The van der Waals surface area contributed by atoms with Crippen LogP contribution in [0.5, 0.6) is 0 Å². The molecule has 4 heteroatoms. The van der Waals surface area contributed by atoms with E-state index in [1.54, 1.807) is 31.3 Å². The van der Waals surface area contributed by atoms with Crippen LogP contribution in [0.1, 0.15) is 16.1 Å². The second kappa shape index (κ2) is 3.38. The van der Waals surface area contributed by atoms with Gasteiger partial charge in [0, 0.05) is 26.5 Å². The number of hydrogen-bond acceptors (Lipinski definition) is 2. The summed E-state index contributed by atoms with van der Waals surface area (Å²) >= 11 is 0. The SMILES string of the molecule is Cc1cn2cc(C(=O)N(C)C)ccc2n1. The van der Waals surface area contributed by atoms with E-state index in [2.05, 4.69) is 4.98 Å². The average molecular weight is 203 g/mol. The Kier molecular flexibility index (Phi) is 2.19. The van der Waals surface area contributed by atoms with Gasteiger partial charge in [-0.3, -0.25) is 4.79 Å². The molecule has 2 aromatic rings. The van der Waals surface area contributed by atoms with Gasteiger partial charge in [0.15, 0.2) is 0 Å². The van der Waals surface area contributed by atoms with E-state index in [0.29, 0.717) is 5.56 Å². The van der Waals surface area contributed by atoms with Crippen LogP contribution in [0.3, 0.4) is 0 Å². The van der Waals surface area contributed by atoms with E-state index in [4.69, 9.17) is 0 Å². The molecule has 0 spiro atoms. The lowest BCUT2D eigenvalue weighted by molar-refractivity contribution is 0.0827. The summed E-state index contributed by atoms with van der Waals surface area (Å²) in [5.74, 6) is 0.00301. The van der Waals surface area contributed by atoms with Crippen LogP contribution < -0.4 is 0 Å². The Morgan fingerprint density at radius 2 is 2.07 bits per heavy atom. The molecule has 2 aromatic heterocycles. The molecule has 0 saturated heterocycles. The first kappa shape index (κ1) is 9.71. The Bertz CT molecular complexity index is 514. The van der Waals surface area contributed by atoms with E-state index in [0.717, 1.165) is 11.3 Å². The number of nitrogens with zero attached hydrogens (tertiary/aromatic N) is 3. The van der Waals surface area contributed by atoms with Crippen LogP contribution in [-0.4, -0.2) is 34.3 Å². The third-order valence-electron chi connectivity index (χ3n) is 2.22. The standard InChI is InChI=1S/C11H13N3O/c1-8-6-14-7-9(11(15)13(2)3)4-5-10(14)12-8/h4-7H,1-3H3. The molecule has 1 amide bonds. The second-order valence-corrected chi connectivity index (χ2v) is 3.77. The molecule has 4 nitrogen and oxygen atoms in total. The predicted octanol–water partition coefficient (Wildman–Crippen LogP) is 1.34. The van der Waals surface area contributed by atoms with Crippen molar-refractivity contribution in [3.05, 3.63) is 35.8 Å². The van der Waals surface area contributed by atoms with Crippen molar-refractivity contribution in [2.24, 2.45) is 0 Å². The van der Waals surface area contributed by atoms with Crippen LogP contribution in [0.25, 0.3) is 5.65 Å². The van der Waals surface area contributed by atoms with Gasteiger partial charge in [-0.1, -0.05) is 0 Å². The predicted molar refractivity (Wildman–Crippen MR) is 57.9 cm³/mol. The molecule has 0 fully saturated rings. The summed E-state index contributed by atoms with van der Waals surface area (Å²) in [7, 11) is 3.48. The van der Waals surface area contributed by atoms with Crippen molar-refractivity contribution >= 4 is 11.6 Å². The number of rotatable bonds is 1. The number of aromatic nitrogens is 2. The van der Waals surface area contributed by atoms with E-state index in [1.807, 2.05) is 23.6 Å². The lowest BCUT2D eigenvalue weighted by atomic mass is 10.2. The largest absolute Gasteiger partial charge is 0.345 e. The molecule has 0 saturated carbocycles. The quantitative estimate of drug-likeness (QED) is 0.701. The maximum atomic E-state index is 11.7. The van der Waals surface area contributed by atoms with Crippen molar-refractivity contribution in [3.8, 4) is 0 Å². The van der Waals surface area contributed by atoms with Crippen molar-refractivity contribution in [1.82, 2.24) is 14.3 Å². The van der Waals surface area contributed by atoms with Crippen molar-refractivity contribution in [3.63, 3.8) is 0 Å². The third kappa shape index (κ3) is 1.70. The van der Waals surface area contributed by atoms with Gasteiger partial charge in [-0.25, -0.2) is 4.98 Å². The minimum Gasteiger partial charge on any atom is -0.345 e. The Hall–Kier alpha value is -1.84. The fraction of sp³-hybridized carbons (Fsp3) is 0.273. The molecule has 78 valence electrons. The van der Waals surface area contributed by atoms with Crippen molar-refractivity contribution in [1.29, 1.82) is 0 Å². The van der Waals surface area contributed by atoms with Crippen LogP contribution in [0.2, 0.25) is 0 Å². The van der Waals surface area contributed by atoms with Crippen LogP contribution in [-0.2, 0) is 0 Å². The third-order valence-corrected chi connectivity index (χ3v) is 2.22. The highest BCUT2D eigenvalue weighted by Gasteiger charge is 2.08. The topological polar surface area (TPSA) is 37.6 Å². The van der Waals surface area contributed by atoms with Gasteiger partial charge in [0.1, 0.15) is 5.65 Å². The van der Waals surface area contributed by atoms with E-state index in [1.165, 1.54) is 0 Å². The zero-order valence-electron chi connectivity index (χ0n) is 9.06. The fourth-order valence-electron chi connectivity index (χ4n) is 1.50. The first-order valence-electron chi connectivity index (χ1n) is 4.75. The molecule has 15 heavy (non-hydrogen) atoms.